The van der Waals surface area contributed by atoms with E-state index in [1.165, 1.54) is 24.2 Å². The van der Waals surface area contributed by atoms with Gasteiger partial charge in [0.2, 0.25) is 5.91 Å². The number of rotatable bonds is 6. The van der Waals surface area contributed by atoms with Gasteiger partial charge in [-0.3, -0.25) is 14.6 Å². The molecule has 1 aromatic rings. The molecule has 1 atom stereocenters. The molecule has 1 aromatic heterocycles. The Morgan fingerprint density at radius 3 is 2.87 bits per heavy atom. The summed E-state index contributed by atoms with van der Waals surface area (Å²) in [5, 5.41) is 14.9. The van der Waals surface area contributed by atoms with Crippen molar-refractivity contribution >= 4 is 22.4 Å². The van der Waals surface area contributed by atoms with Crippen LogP contribution >= 0.6 is 11.3 Å². The average molecular weight is 338 g/mol. The standard InChI is InChI=1S/C16H26N4O2S/c21-11-13-4-3-7-20(8-13)10-15(22)18-16-17-14(12-23-16)9-19-5-1-2-6-19/h12-13,21H,1-11H2,(H,17,18,22). The van der Waals surface area contributed by atoms with Gasteiger partial charge < -0.3 is 10.4 Å². The van der Waals surface area contributed by atoms with Crippen molar-refractivity contribution < 1.29 is 9.90 Å². The van der Waals surface area contributed by atoms with E-state index in [9.17, 15) is 9.90 Å². The molecule has 0 bridgehead atoms. The van der Waals surface area contributed by atoms with Crippen LogP contribution in [-0.4, -0.2) is 65.1 Å². The van der Waals surface area contributed by atoms with Gasteiger partial charge >= 0.3 is 0 Å². The van der Waals surface area contributed by atoms with Gasteiger partial charge in [-0.15, -0.1) is 11.3 Å². The van der Waals surface area contributed by atoms with E-state index in [2.05, 4.69) is 20.1 Å². The highest BCUT2D eigenvalue weighted by Crippen LogP contribution is 2.19. The van der Waals surface area contributed by atoms with Gasteiger partial charge in [-0.25, -0.2) is 4.98 Å². The van der Waals surface area contributed by atoms with E-state index in [1.54, 1.807) is 0 Å². The van der Waals surface area contributed by atoms with E-state index >= 15 is 0 Å². The number of aromatic nitrogens is 1. The number of carbonyl (C=O) groups is 1. The van der Waals surface area contributed by atoms with E-state index in [-0.39, 0.29) is 12.5 Å². The van der Waals surface area contributed by atoms with Crippen molar-refractivity contribution in [2.24, 2.45) is 5.92 Å². The molecule has 2 aliphatic heterocycles. The molecule has 6 nitrogen and oxygen atoms in total. The number of anilines is 1. The molecule has 1 unspecified atom stereocenters. The zero-order chi connectivity index (χ0) is 16.1. The van der Waals surface area contributed by atoms with E-state index in [0.717, 1.165) is 51.3 Å². The topological polar surface area (TPSA) is 68.7 Å². The van der Waals surface area contributed by atoms with Gasteiger partial charge in [0.05, 0.1) is 12.2 Å². The minimum Gasteiger partial charge on any atom is -0.396 e. The normalized spacial score (nSPS) is 23.3. The Bertz CT molecular complexity index is 516. The van der Waals surface area contributed by atoms with Gasteiger partial charge in [0, 0.05) is 25.1 Å². The highest BCUT2D eigenvalue weighted by molar-refractivity contribution is 7.13. The van der Waals surface area contributed by atoms with Crippen LogP contribution < -0.4 is 5.32 Å². The fourth-order valence-electron chi connectivity index (χ4n) is 3.41. The van der Waals surface area contributed by atoms with Crippen LogP contribution in [0.1, 0.15) is 31.4 Å². The Kier molecular flexibility index (Phi) is 5.99. The lowest BCUT2D eigenvalue weighted by atomic mass is 9.99. The number of likely N-dealkylation sites (tertiary alicyclic amines) is 2. The first-order chi connectivity index (χ1) is 11.2. The summed E-state index contributed by atoms with van der Waals surface area (Å²) in [6.45, 7) is 5.53. The van der Waals surface area contributed by atoms with Gasteiger partial charge in [0.15, 0.2) is 5.13 Å². The van der Waals surface area contributed by atoms with Crippen molar-refractivity contribution in [1.82, 2.24) is 14.8 Å². The third-order valence-corrected chi connectivity index (χ3v) is 5.42. The van der Waals surface area contributed by atoms with Crippen LogP contribution in [0, 0.1) is 5.92 Å². The van der Waals surface area contributed by atoms with Crippen LogP contribution in [0.15, 0.2) is 5.38 Å². The smallest absolute Gasteiger partial charge is 0.240 e. The molecule has 128 valence electrons. The maximum atomic E-state index is 12.2. The van der Waals surface area contributed by atoms with E-state index in [1.807, 2.05) is 5.38 Å². The molecule has 3 rings (SSSR count). The minimum absolute atomic E-state index is 0.00865. The van der Waals surface area contributed by atoms with Gasteiger partial charge in [0.25, 0.3) is 0 Å². The van der Waals surface area contributed by atoms with Crippen LogP contribution in [0.2, 0.25) is 0 Å². The summed E-state index contributed by atoms with van der Waals surface area (Å²) in [5.41, 5.74) is 1.05. The zero-order valence-corrected chi connectivity index (χ0v) is 14.4. The van der Waals surface area contributed by atoms with Crippen molar-refractivity contribution in [3.05, 3.63) is 11.1 Å². The summed E-state index contributed by atoms with van der Waals surface area (Å²) in [6.07, 6.45) is 4.66. The van der Waals surface area contributed by atoms with Crippen molar-refractivity contribution in [3.8, 4) is 0 Å². The van der Waals surface area contributed by atoms with Crippen molar-refractivity contribution in [2.45, 2.75) is 32.2 Å². The maximum absolute atomic E-state index is 12.2. The molecule has 3 heterocycles. The number of nitrogens with zero attached hydrogens (tertiary/aromatic N) is 3. The number of amides is 1. The molecular weight excluding hydrogens is 312 g/mol. The highest BCUT2D eigenvalue weighted by atomic mass is 32.1. The SMILES string of the molecule is O=C(CN1CCCC(CO)C1)Nc1nc(CN2CCCC2)cs1. The van der Waals surface area contributed by atoms with Crippen molar-refractivity contribution in [1.29, 1.82) is 0 Å². The number of piperidine rings is 1. The maximum Gasteiger partial charge on any atom is 0.240 e. The number of hydrogen-bond acceptors (Lipinski definition) is 6. The first kappa shape index (κ1) is 16.8. The Labute approximate surface area is 141 Å². The summed E-state index contributed by atoms with van der Waals surface area (Å²) in [7, 11) is 0. The number of carbonyl (C=O) groups excluding carboxylic acids is 1. The van der Waals surface area contributed by atoms with Crippen LogP contribution in [0.25, 0.3) is 0 Å². The average Bonchev–Trinajstić information content (AvgIpc) is 3.20. The molecule has 1 amide bonds. The van der Waals surface area contributed by atoms with Gasteiger partial charge in [-0.05, 0) is 51.2 Å². The Morgan fingerprint density at radius 1 is 1.30 bits per heavy atom. The summed E-state index contributed by atoms with van der Waals surface area (Å²) < 4.78 is 0. The molecule has 0 aromatic carbocycles. The third kappa shape index (κ3) is 4.97. The number of aliphatic hydroxyl groups is 1. The van der Waals surface area contributed by atoms with Crippen molar-refractivity contribution in [3.63, 3.8) is 0 Å². The second-order valence-electron chi connectivity index (χ2n) is 6.60. The van der Waals surface area contributed by atoms with Crippen LogP contribution in [0.4, 0.5) is 5.13 Å². The Hall–Kier alpha value is -1.02. The second kappa shape index (κ2) is 8.19. The molecule has 2 saturated heterocycles. The Morgan fingerprint density at radius 2 is 2.09 bits per heavy atom. The van der Waals surface area contributed by atoms with Crippen LogP contribution in [0.3, 0.4) is 0 Å². The second-order valence-corrected chi connectivity index (χ2v) is 7.46. The number of hydrogen-bond donors (Lipinski definition) is 2. The lowest BCUT2D eigenvalue weighted by molar-refractivity contribution is -0.117. The molecule has 2 fully saturated rings. The number of nitrogens with one attached hydrogen (secondary N) is 1. The summed E-state index contributed by atoms with van der Waals surface area (Å²) in [4.78, 5) is 21.2. The lowest BCUT2D eigenvalue weighted by Crippen LogP contribution is -2.41. The zero-order valence-electron chi connectivity index (χ0n) is 13.5. The van der Waals surface area contributed by atoms with E-state index < -0.39 is 0 Å². The lowest BCUT2D eigenvalue weighted by Gasteiger charge is -2.30. The molecule has 2 N–H and O–H groups in total. The quantitative estimate of drug-likeness (QED) is 0.820. The summed E-state index contributed by atoms with van der Waals surface area (Å²) in [6, 6.07) is 0. The molecule has 7 heteroatoms. The number of thiazole rings is 1. The monoisotopic (exact) mass is 338 g/mol. The molecule has 0 saturated carbocycles. The van der Waals surface area contributed by atoms with Crippen molar-refractivity contribution in [2.75, 3.05) is 44.6 Å². The van der Waals surface area contributed by atoms with Crippen LogP contribution in [-0.2, 0) is 11.3 Å². The minimum atomic E-state index is -0.00865. The van der Waals surface area contributed by atoms with Gasteiger partial charge in [-0.1, -0.05) is 0 Å². The third-order valence-electron chi connectivity index (χ3n) is 4.61. The van der Waals surface area contributed by atoms with Crippen LogP contribution in [0.5, 0.6) is 0 Å². The highest BCUT2D eigenvalue weighted by Gasteiger charge is 2.21. The van der Waals surface area contributed by atoms with Gasteiger partial charge in [-0.2, -0.15) is 0 Å². The van der Waals surface area contributed by atoms with Gasteiger partial charge in [0.1, 0.15) is 0 Å². The molecular formula is C16H26N4O2S. The largest absolute Gasteiger partial charge is 0.396 e. The molecule has 0 radical (unpaired) electrons. The fraction of sp³-hybridized carbons (Fsp3) is 0.750. The number of aliphatic hydroxyl groups excluding tert-OH is 1. The fourth-order valence-corrected chi connectivity index (χ4v) is 4.13. The van der Waals surface area contributed by atoms with E-state index in [4.69, 9.17) is 0 Å². The first-order valence-electron chi connectivity index (χ1n) is 8.53. The molecule has 2 aliphatic rings. The first-order valence-corrected chi connectivity index (χ1v) is 9.40. The molecule has 23 heavy (non-hydrogen) atoms. The predicted molar refractivity (Wildman–Crippen MR) is 91.5 cm³/mol. The molecule has 0 aliphatic carbocycles. The van der Waals surface area contributed by atoms with E-state index in [0.29, 0.717) is 17.6 Å². The predicted octanol–water partition coefficient (Wildman–Crippen LogP) is 1.38. The Balaban J connectivity index is 1.45. The summed E-state index contributed by atoms with van der Waals surface area (Å²) >= 11 is 1.50. The molecule has 0 spiro atoms. The summed E-state index contributed by atoms with van der Waals surface area (Å²) in [5.74, 6) is 0.300.